The monoisotopic (exact) mass is 251 g/mol. The minimum absolute atomic E-state index is 0.229. The second-order valence-corrected chi connectivity index (χ2v) is 4.98. The number of hydrogen-bond donors (Lipinski definition) is 4. The average Bonchev–Trinajstić information content (AvgIpc) is 2.36. The number of aliphatic hydroxyl groups is 3. The van der Waals surface area contributed by atoms with E-state index in [-0.39, 0.29) is 12.5 Å². The second kappa shape index (κ2) is 6.29. The van der Waals surface area contributed by atoms with E-state index in [1.54, 1.807) is 0 Å². The van der Waals surface area contributed by atoms with Crippen LogP contribution in [0.2, 0.25) is 0 Å². The summed E-state index contributed by atoms with van der Waals surface area (Å²) in [6, 6.07) is 9.86. The van der Waals surface area contributed by atoms with Crippen LogP contribution in [0.15, 0.2) is 30.3 Å². The lowest BCUT2D eigenvalue weighted by atomic mass is 9.88. The molecular formula is C14H21NO3. The molecule has 4 N–H and O–H groups in total. The highest BCUT2D eigenvalue weighted by molar-refractivity contribution is 5.14. The maximum absolute atomic E-state index is 9.83. The molecular weight excluding hydrogens is 230 g/mol. The summed E-state index contributed by atoms with van der Waals surface area (Å²) in [5.41, 5.74) is 1.23. The molecule has 1 fully saturated rings. The zero-order chi connectivity index (χ0) is 13.0. The molecule has 4 atom stereocenters. The normalized spacial score (nSPS) is 32.4. The quantitative estimate of drug-likeness (QED) is 0.611. The third-order valence-corrected chi connectivity index (χ3v) is 3.51. The van der Waals surface area contributed by atoms with Crippen molar-refractivity contribution < 1.29 is 15.3 Å². The largest absolute Gasteiger partial charge is 0.393 e. The second-order valence-electron chi connectivity index (χ2n) is 4.98. The highest BCUT2D eigenvalue weighted by Crippen LogP contribution is 2.19. The van der Waals surface area contributed by atoms with Gasteiger partial charge in [0.15, 0.2) is 0 Å². The van der Waals surface area contributed by atoms with Gasteiger partial charge in [0, 0.05) is 12.5 Å². The van der Waals surface area contributed by atoms with E-state index in [4.69, 9.17) is 0 Å². The van der Waals surface area contributed by atoms with E-state index < -0.39 is 18.3 Å². The minimum Gasteiger partial charge on any atom is -0.393 e. The maximum Gasteiger partial charge on any atom is 0.0953 e. The summed E-state index contributed by atoms with van der Waals surface area (Å²) in [6.07, 6.45) is -0.522. The van der Waals surface area contributed by atoms with Crippen LogP contribution in [0, 0.1) is 0 Å². The third kappa shape index (κ3) is 3.53. The summed E-state index contributed by atoms with van der Waals surface area (Å²) < 4.78 is 0. The van der Waals surface area contributed by atoms with E-state index in [0.717, 1.165) is 13.0 Å². The zero-order valence-electron chi connectivity index (χ0n) is 10.4. The summed E-state index contributed by atoms with van der Waals surface area (Å²) in [5, 5.41) is 32.2. The summed E-state index contributed by atoms with van der Waals surface area (Å²) in [5.74, 6) is 0. The lowest BCUT2D eigenvalue weighted by Gasteiger charge is -2.35. The van der Waals surface area contributed by atoms with Crippen LogP contribution >= 0.6 is 0 Å². The molecule has 0 spiro atoms. The van der Waals surface area contributed by atoms with Crippen molar-refractivity contribution >= 4 is 0 Å². The summed E-state index contributed by atoms with van der Waals surface area (Å²) >= 11 is 0. The molecule has 1 aliphatic rings. The van der Waals surface area contributed by atoms with Gasteiger partial charge >= 0.3 is 0 Å². The van der Waals surface area contributed by atoms with Gasteiger partial charge in [0.1, 0.15) is 0 Å². The first-order valence-corrected chi connectivity index (χ1v) is 6.48. The van der Waals surface area contributed by atoms with Gasteiger partial charge in [-0.3, -0.25) is 0 Å². The first kappa shape index (κ1) is 13.5. The van der Waals surface area contributed by atoms with Gasteiger partial charge in [-0.25, -0.2) is 0 Å². The predicted molar refractivity (Wildman–Crippen MR) is 69.2 cm³/mol. The van der Waals surface area contributed by atoms with E-state index in [9.17, 15) is 15.3 Å². The first-order valence-electron chi connectivity index (χ1n) is 6.48. The Balaban J connectivity index is 1.79. The summed E-state index contributed by atoms with van der Waals surface area (Å²) in [6.45, 7) is 0.727. The molecule has 1 aromatic rings. The smallest absolute Gasteiger partial charge is 0.0953 e. The van der Waals surface area contributed by atoms with E-state index in [1.165, 1.54) is 5.56 Å². The van der Waals surface area contributed by atoms with Gasteiger partial charge in [-0.15, -0.1) is 0 Å². The Morgan fingerprint density at radius 2 is 1.78 bits per heavy atom. The molecule has 1 aromatic carbocycles. The van der Waals surface area contributed by atoms with Gasteiger partial charge in [-0.2, -0.15) is 0 Å². The molecule has 18 heavy (non-hydrogen) atoms. The molecule has 0 heterocycles. The van der Waals surface area contributed by atoms with Crippen LogP contribution in [0.4, 0.5) is 0 Å². The molecule has 4 nitrogen and oxygen atoms in total. The van der Waals surface area contributed by atoms with Crippen LogP contribution in [-0.2, 0) is 6.42 Å². The number of hydrogen-bond acceptors (Lipinski definition) is 4. The molecule has 0 aliphatic heterocycles. The average molecular weight is 251 g/mol. The zero-order valence-corrected chi connectivity index (χ0v) is 10.4. The Morgan fingerprint density at radius 3 is 2.50 bits per heavy atom. The Morgan fingerprint density at radius 1 is 1.06 bits per heavy atom. The fourth-order valence-electron chi connectivity index (χ4n) is 2.47. The van der Waals surface area contributed by atoms with Crippen molar-refractivity contribution in [2.45, 2.75) is 43.6 Å². The maximum atomic E-state index is 9.83. The highest BCUT2D eigenvalue weighted by Gasteiger charge is 2.34. The van der Waals surface area contributed by atoms with Crippen molar-refractivity contribution in [2.75, 3.05) is 6.54 Å². The van der Waals surface area contributed by atoms with Gasteiger partial charge in [0.25, 0.3) is 0 Å². The Kier molecular flexibility index (Phi) is 4.72. The molecule has 2 rings (SSSR count). The third-order valence-electron chi connectivity index (χ3n) is 3.51. The van der Waals surface area contributed by atoms with Crippen LogP contribution in [0.5, 0.6) is 0 Å². The van der Waals surface area contributed by atoms with Crippen molar-refractivity contribution in [2.24, 2.45) is 0 Å². The lowest BCUT2D eigenvalue weighted by Crippen LogP contribution is -2.53. The standard InChI is InChI=1S/C14H21NO3/c16-11-8-12(14(18)13(17)9-11)15-7-6-10-4-2-1-3-5-10/h1-5,11-18H,6-9H2. The number of aliphatic hydroxyl groups excluding tert-OH is 3. The molecule has 100 valence electrons. The Labute approximate surface area is 107 Å². The van der Waals surface area contributed by atoms with Crippen LogP contribution < -0.4 is 5.32 Å². The number of nitrogens with one attached hydrogen (secondary N) is 1. The number of benzene rings is 1. The fourth-order valence-corrected chi connectivity index (χ4v) is 2.47. The van der Waals surface area contributed by atoms with Crippen molar-refractivity contribution in [3.63, 3.8) is 0 Å². The fraction of sp³-hybridized carbons (Fsp3) is 0.571. The van der Waals surface area contributed by atoms with Crippen LogP contribution in [-0.4, -0.2) is 46.2 Å². The molecule has 4 unspecified atom stereocenters. The van der Waals surface area contributed by atoms with Crippen molar-refractivity contribution in [1.82, 2.24) is 5.32 Å². The first-order chi connectivity index (χ1) is 8.66. The van der Waals surface area contributed by atoms with Gasteiger partial charge in [-0.1, -0.05) is 30.3 Å². The SMILES string of the molecule is OC1CC(O)C(O)C(NCCc2ccccc2)C1. The summed E-state index contributed by atoms with van der Waals surface area (Å²) in [4.78, 5) is 0. The molecule has 4 heteroatoms. The Bertz CT molecular complexity index is 357. The van der Waals surface area contributed by atoms with Crippen LogP contribution in [0.25, 0.3) is 0 Å². The van der Waals surface area contributed by atoms with Crippen LogP contribution in [0.3, 0.4) is 0 Å². The van der Waals surface area contributed by atoms with Gasteiger partial charge in [0.05, 0.1) is 18.3 Å². The molecule has 0 saturated heterocycles. The number of rotatable bonds is 4. The van der Waals surface area contributed by atoms with Gasteiger partial charge < -0.3 is 20.6 Å². The molecule has 0 amide bonds. The van der Waals surface area contributed by atoms with Crippen LogP contribution in [0.1, 0.15) is 18.4 Å². The Hall–Kier alpha value is -0.940. The molecule has 1 aliphatic carbocycles. The van der Waals surface area contributed by atoms with Gasteiger partial charge in [0.2, 0.25) is 0 Å². The van der Waals surface area contributed by atoms with E-state index in [2.05, 4.69) is 17.4 Å². The van der Waals surface area contributed by atoms with Crippen molar-refractivity contribution in [3.05, 3.63) is 35.9 Å². The topological polar surface area (TPSA) is 72.7 Å². The van der Waals surface area contributed by atoms with E-state index in [1.807, 2.05) is 18.2 Å². The molecule has 1 saturated carbocycles. The van der Waals surface area contributed by atoms with Gasteiger partial charge in [-0.05, 0) is 24.9 Å². The highest BCUT2D eigenvalue weighted by atomic mass is 16.3. The molecule has 0 bridgehead atoms. The minimum atomic E-state index is -0.831. The summed E-state index contributed by atoms with van der Waals surface area (Å²) in [7, 11) is 0. The lowest BCUT2D eigenvalue weighted by molar-refractivity contribution is -0.0681. The van der Waals surface area contributed by atoms with Crippen molar-refractivity contribution in [1.29, 1.82) is 0 Å². The van der Waals surface area contributed by atoms with E-state index in [0.29, 0.717) is 6.42 Å². The molecule has 0 aromatic heterocycles. The molecule has 0 radical (unpaired) electrons. The predicted octanol–water partition coefficient (Wildman–Crippen LogP) is 0.0638. The van der Waals surface area contributed by atoms with Crippen molar-refractivity contribution in [3.8, 4) is 0 Å². The van der Waals surface area contributed by atoms with E-state index >= 15 is 0 Å².